The van der Waals surface area contributed by atoms with Crippen molar-refractivity contribution in [3.8, 4) is 22.9 Å². The van der Waals surface area contributed by atoms with Gasteiger partial charge < -0.3 is 9.84 Å². The van der Waals surface area contributed by atoms with Gasteiger partial charge in [-0.2, -0.15) is 5.26 Å². The zero-order chi connectivity index (χ0) is 13.8. The maximum absolute atomic E-state index is 9.77. The topological polar surface area (TPSA) is 53.2 Å². The third-order valence-electron chi connectivity index (χ3n) is 3.03. The molecule has 2 rings (SSSR count). The summed E-state index contributed by atoms with van der Waals surface area (Å²) in [4.78, 5) is 0. The first kappa shape index (κ1) is 13.1. The summed E-state index contributed by atoms with van der Waals surface area (Å²) in [6.45, 7) is 1.71. The van der Waals surface area contributed by atoms with Crippen LogP contribution in [0.4, 0.5) is 0 Å². The summed E-state index contributed by atoms with van der Waals surface area (Å²) in [5, 5.41) is 18.6. The van der Waals surface area contributed by atoms with E-state index in [1.807, 2.05) is 30.3 Å². The maximum Gasteiger partial charge on any atom is 0.124 e. The van der Waals surface area contributed by atoms with Crippen molar-refractivity contribution in [2.45, 2.75) is 13.0 Å². The molecule has 0 saturated carbocycles. The first-order chi connectivity index (χ1) is 9.15. The molecule has 0 aliphatic rings. The molecule has 0 bridgehead atoms. The molecule has 0 saturated heterocycles. The number of ether oxygens (including phenoxy) is 1. The highest BCUT2D eigenvalue weighted by Crippen LogP contribution is 2.30. The lowest BCUT2D eigenvalue weighted by Crippen LogP contribution is -1.97. The molecule has 1 atom stereocenters. The number of benzene rings is 2. The molecular weight excluding hydrogens is 238 g/mol. The molecule has 0 aliphatic heterocycles. The van der Waals surface area contributed by atoms with Gasteiger partial charge in [-0.3, -0.25) is 0 Å². The Labute approximate surface area is 112 Å². The molecule has 0 aliphatic carbocycles. The van der Waals surface area contributed by atoms with E-state index in [0.717, 1.165) is 16.7 Å². The summed E-state index contributed by atoms with van der Waals surface area (Å²) in [7, 11) is 1.59. The number of nitrogens with zero attached hydrogens (tertiary/aromatic N) is 1. The van der Waals surface area contributed by atoms with Crippen LogP contribution in [0.1, 0.15) is 24.2 Å². The van der Waals surface area contributed by atoms with Gasteiger partial charge in [0.25, 0.3) is 0 Å². The highest BCUT2D eigenvalue weighted by Gasteiger charge is 2.10. The smallest absolute Gasteiger partial charge is 0.124 e. The van der Waals surface area contributed by atoms with Gasteiger partial charge in [-0.1, -0.05) is 18.2 Å². The van der Waals surface area contributed by atoms with Crippen molar-refractivity contribution in [1.29, 1.82) is 5.26 Å². The van der Waals surface area contributed by atoms with Gasteiger partial charge in [0.2, 0.25) is 0 Å². The molecule has 0 spiro atoms. The molecule has 0 fully saturated rings. The molecule has 3 nitrogen and oxygen atoms in total. The van der Waals surface area contributed by atoms with E-state index in [1.165, 1.54) is 0 Å². The Morgan fingerprint density at radius 3 is 2.26 bits per heavy atom. The van der Waals surface area contributed by atoms with Gasteiger partial charge in [0.1, 0.15) is 5.75 Å². The minimum atomic E-state index is -0.590. The van der Waals surface area contributed by atoms with E-state index >= 15 is 0 Å². The number of hydrogen-bond donors (Lipinski definition) is 1. The van der Waals surface area contributed by atoms with Gasteiger partial charge in [0.15, 0.2) is 0 Å². The number of aliphatic hydroxyl groups is 1. The summed E-state index contributed by atoms with van der Waals surface area (Å²) >= 11 is 0. The summed E-state index contributed by atoms with van der Waals surface area (Å²) in [6, 6.07) is 15.1. The zero-order valence-corrected chi connectivity index (χ0v) is 10.9. The standard InChI is InChI=1S/C16H15NO2/c1-11(18)15-9-14(7-8-16(15)19-2)13-5-3-12(10-17)4-6-13/h3-9,11,18H,1-2H3/t11-/m0/s1. The highest BCUT2D eigenvalue weighted by molar-refractivity contribution is 5.66. The third-order valence-corrected chi connectivity index (χ3v) is 3.03. The minimum absolute atomic E-state index is 0.590. The molecular formula is C16H15NO2. The lowest BCUT2D eigenvalue weighted by molar-refractivity contribution is 0.194. The fraction of sp³-hybridized carbons (Fsp3) is 0.188. The van der Waals surface area contributed by atoms with Crippen LogP contribution in [0.5, 0.6) is 5.75 Å². The van der Waals surface area contributed by atoms with E-state index in [0.29, 0.717) is 11.3 Å². The van der Waals surface area contributed by atoms with Crippen molar-refractivity contribution in [3.05, 3.63) is 53.6 Å². The largest absolute Gasteiger partial charge is 0.496 e. The van der Waals surface area contributed by atoms with Gasteiger partial charge in [0.05, 0.1) is 24.8 Å². The van der Waals surface area contributed by atoms with E-state index in [9.17, 15) is 5.11 Å². The maximum atomic E-state index is 9.77. The molecule has 1 N–H and O–H groups in total. The third kappa shape index (κ3) is 2.75. The number of rotatable bonds is 3. The molecule has 2 aromatic carbocycles. The van der Waals surface area contributed by atoms with Crippen molar-refractivity contribution in [3.63, 3.8) is 0 Å². The molecule has 19 heavy (non-hydrogen) atoms. The lowest BCUT2D eigenvalue weighted by atomic mass is 9.99. The van der Waals surface area contributed by atoms with Crippen molar-refractivity contribution in [2.75, 3.05) is 7.11 Å². The first-order valence-corrected chi connectivity index (χ1v) is 6.02. The van der Waals surface area contributed by atoms with Gasteiger partial charge in [-0.15, -0.1) is 0 Å². The van der Waals surface area contributed by atoms with Crippen molar-refractivity contribution >= 4 is 0 Å². The van der Waals surface area contributed by atoms with E-state index < -0.39 is 6.10 Å². The Hall–Kier alpha value is -2.31. The molecule has 0 heterocycles. The fourth-order valence-corrected chi connectivity index (χ4v) is 1.98. The number of methoxy groups -OCH3 is 1. The van der Waals surface area contributed by atoms with Gasteiger partial charge >= 0.3 is 0 Å². The summed E-state index contributed by atoms with van der Waals surface area (Å²) in [5.41, 5.74) is 3.38. The van der Waals surface area contributed by atoms with E-state index in [2.05, 4.69) is 6.07 Å². The van der Waals surface area contributed by atoms with Crippen molar-refractivity contribution in [2.24, 2.45) is 0 Å². The van der Waals surface area contributed by atoms with Gasteiger partial charge in [-0.05, 0) is 42.3 Å². The SMILES string of the molecule is COc1ccc(-c2ccc(C#N)cc2)cc1[C@H](C)O. The van der Waals surface area contributed by atoms with Crippen LogP contribution < -0.4 is 4.74 Å². The second-order valence-corrected chi connectivity index (χ2v) is 4.32. The van der Waals surface area contributed by atoms with Gasteiger partial charge in [0, 0.05) is 5.56 Å². The zero-order valence-electron chi connectivity index (χ0n) is 10.9. The van der Waals surface area contributed by atoms with Crippen LogP contribution in [0, 0.1) is 11.3 Å². The normalized spacial score (nSPS) is 11.7. The number of hydrogen-bond acceptors (Lipinski definition) is 3. The Morgan fingerprint density at radius 1 is 1.11 bits per heavy atom. The fourth-order valence-electron chi connectivity index (χ4n) is 1.98. The molecule has 96 valence electrons. The molecule has 0 amide bonds. The minimum Gasteiger partial charge on any atom is -0.496 e. The Morgan fingerprint density at radius 2 is 1.74 bits per heavy atom. The molecule has 2 aromatic rings. The van der Waals surface area contributed by atoms with Crippen molar-refractivity contribution in [1.82, 2.24) is 0 Å². The van der Waals surface area contributed by atoms with Crippen LogP contribution in [0.2, 0.25) is 0 Å². The Kier molecular flexibility index (Phi) is 3.84. The average molecular weight is 253 g/mol. The van der Waals surface area contributed by atoms with Crippen LogP contribution in [0.25, 0.3) is 11.1 Å². The van der Waals surface area contributed by atoms with E-state index in [4.69, 9.17) is 10.00 Å². The van der Waals surface area contributed by atoms with Crippen molar-refractivity contribution < 1.29 is 9.84 Å². The van der Waals surface area contributed by atoms with E-state index in [-0.39, 0.29) is 0 Å². The second kappa shape index (κ2) is 5.55. The van der Waals surface area contributed by atoms with Crippen LogP contribution in [-0.2, 0) is 0 Å². The molecule has 0 radical (unpaired) electrons. The molecule has 0 aromatic heterocycles. The van der Waals surface area contributed by atoms with Crippen LogP contribution >= 0.6 is 0 Å². The summed E-state index contributed by atoms with van der Waals surface area (Å²) in [5.74, 6) is 0.674. The number of aliphatic hydroxyl groups excluding tert-OH is 1. The predicted molar refractivity (Wildman–Crippen MR) is 73.8 cm³/mol. The predicted octanol–water partition coefficient (Wildman–Crippen LogP) is 3.29. The first-order valence-electron chi connectivity index (χ1n) is 6.02. The van der Waals surface area contributed by atoms with Crippen LogP contribution in [0.3, 0.4) is 0 Å². The average Bonchev–Trinajstić information content (AvgIpc) is 2.46. The number of nitriles is 1. The van der Waals surface area contributed by atoms with E-state index in [1.54, 1.807) is 26.2 Å². The molecule has 0 unspecified atom stereocenters. The monoisotopic (exact) mass is 253 g/mol. The summed E-state index contributed by atoms with van der Waals surface area (Å²) < 4.78 is 5.23. The lowest BCUT2D eigenvalue weighted by Gasteiger charge is -2.13. The van der Waals surface area contributed by atoms with Crippen LogP contribution in [0.15, 0.2) is 42.5 Å². The molecule has 3 heteroatoms. The highest BCUT2D eigenvalue weighted by atomic mass is 16.5. The quantitative estimate of drug-likeness (QED) is 0.913. The van der Waals surface area contributed by atoms with Gasteiger partial charge in [-0.25, -0.2) is 0 Å². The van der Waals surface area contributed by atoms with Crippen LogP contribution in [-0.4, -0.2) is 12.2 Å². The Bertz CT molecular complexity index is 610. The second-order valence-electron chi connectivity index (χ2n) is 4.32. The summed E-state index contributed by atoms with van der Waals surface area (Å²) in [6.07, 6.45) is -0.590. The Balaban J connectivity index is 2.45.